The lowest BCUT2D eigenvalue weighted by Gasteiger charge is -2.12. The Morgan fingerprint density at radius 3 is 2.33 bits per heavy atom. The Bertz CT molecular complexity index is 338. The summed E-state index contributed by atoms with van der Waals surface area (Å²) in [4.78, 5) is 21.3. The van der Waals surface area contributed by atoms with Crippen LogP contribution in [0.1, 0.15) is 6.42 Å². The van der Waals surface area contributed by atoms with E-state index in [-0.39, 0.29) is 0 Å². The Kier molecular flexibility index (Phi) is 5.19. The van der Waals surface area contributed by atoms with E-state index < -0.39 is 34.6 Å². The molecule has 0 spiro atoms. The van der Waals surface area contributed by atoms with Crippen molar-refractivity contribution < 1.29 is 27.9 Å². The number of nitrogens with one attached hydrogen (secondary N) is 2. The zero-order valence-electron chi connectivity index (χ0n) is 8.18. The van der Waals surface area contributed by atoms with Gasteiger partial charge in [-0.1, -0.05) is 0 Å². The largest absolute Gasteiger partial charge is 0.480 e. The number of carboxylic acids is 1. The molecule has 1 atom stereocenters. The van der Waals surface area contributed by atoms with Gasteiger partial charge in [0.1, 0.15) is 6.04 Å². The van der Waals surface area contributed by atoms with Crippen molar-refractivity contribution >= 4 is 22.1 Å². The van der Waals surface area contributed by atoms with Gasteiger partial charge in [-0.05, 0) is 0 Å². The Morgan fingerprint density at radius 2 is 2.00 bits per heavy atom. The van der Waals surface area contributed by atoms with Crippen molar-refractivity contribution in [2.45, 2.75) is 12.5 Å². The van der Waals surface area contributed by atoms with Crippen molar-refractivity contribution in [3.05, 3.63) is 0 Å². The number of aliphatic carboxylic acids is 1. The van der Waals surface area contributed by atoms with Crippen LogP contribution in [0.5, 0.6) is 0 Å². The molecule has 15 heavy (non-hydrogen) atoms. The molecule has 0 amide bonds. The third-order valence-electron chi connectivity index (χ3n) is 1.46. The summed E-state index contributed by atoms with van der Waals surface area (Å²) in [5.74, 6) is -2.28. The summed E-state index contributed by atoms with van der Waals surface area (Å²) >= 11 is 0. The van der Waals surface area contributed by atoms with Crippen molar-refractivity contribution in [2.75, 3.05) is 14.2 Å². The number of hydrogen-bond donors (Lipinski definition) is 3. The monoisotopic (exact) mass is 240 g/mol. The molecule has 0 radical (unpaired) electrons. The van der Waals surface area contributed by atoms with E-state index >= 15 is 0 Å². The molecule has 88 valence electrons. The summed E-state index contributed by atoms with van der Waals surface area (Å²) < 4.78 is 29.7. The Labute approximate surface area is 86.8 Å². The number of carboxylic acid groups (broad SMARTS) is 1. The molecule has 0 fully saturated rings. The lowest BCUT2D eigenvalue weighted by molar-refractivity contribution is -0.147. The fourth-order valence-corrected chi connectivity index (χ4v) is 1.35. The topological polar surface area (TPSA) is 122 Å². The van der Waals surface area contributed by atoms with Crippen molar-refractivity contribution in [3.8, 4) is 0 Å². The highest BCUT2D eigenvalue weighted by Crippen LogP contribution is 1.96. The molecular formula is C6H12N2O6S. The van der Waals surface area contributed by atoms with Crippen LogP contribution in [0, 0.1) is 0 Å². The average Bonchev–Trinajstić information content (AvgIpc) is 2.16. The second kappa shape index (κ2) is 5.63. The summed E-state index contributed by atoms with van der Waals surface area (Å²) in [6, 6.07) is -1.55. The zero-order chi connectivity index (χ0) is 12.1. The average molecular weight is 240 g/mol. The van der Waals surface area contributed by atoms with Crippen LogP contribution in [0.25, 0.3) is 0 Å². The molecule has 0 rings (SSSR count). The van der Waals surface area contributed by atoms with Gasteiger partial charge in [0.25, 0.3) is 10.2 Å². The highest BCUT2D eigenvalue weighted by molar-refractivity contribution is 7.87. The minimum absolute atomic E-state index is 0.577. The Morgan fingerprint density at radius 1 is 1.47 bits per heavy atom. The second-order valence-electron chi connectivity index (χ2n) is 2.50. The van der Waals surface area contributed by atoms with E-state index in [1.54, 1.807) is 4.72 Å². The van der Waals surface area contributed by atoms with Crippen LogP contribution >= 0.6 is 0 Å². The van der Waals surface area contributed by atoms with Crippen LogP contribution in [0.15, 0.2) is 0 Å². The molecule has 0 aromatic heterocycles. The molecule has 0 bridgehead atoms. The van der Waals surface area contributed by atoms with Crippen molar-refractivity contribution in [3.63, 3.8) is 0 Å². The first-order valence-corrected chi connectivity index (χ1v) is 5.31. The van der Waals surface area contributed by atoms with Crippen molar-refractivity contribution in [1.29, 1.82) is 0 Å². The Hall–Kier alpha value is -1.19. The SMILES string of the molecule is CNS(=O)(=O)N[C@@H](CC(=O)OC)C(=O)O. The molecule has 9 heteroatoms. The fourth-order valence-electron chi connectivity index (χ4n) is 0.676. The molecule has 0 aromatic carbocycles. The zero-order valence-corrected chi connectivity index (χ0v) is 9.00. The van der Waals surface area contributed by atoms with Crippen LogP contribution in [0.4, 0.5) is 0 Å². The van der Waals surface area contributed by atoms with E-state index in [1.807, 2.05) is 4.72 Å². The molecule has 0 unspecified atom stereocenters. The van der Waals surface area contributed by atoms with Gasteiger partial charge in [-0.3, -0.25) is 9.59 Å². The number of methoxy groups -OCH3 is 1. The summed E-state index contributed by atoms with van der Waals surface area (Å²) in [5, 5.41) is 8.61. The molecule has 0 aliphatic carbocycles. The Balaban J connectivity index is 4.56. The first-order valence-electron chi connectivity index (χ1n) is 3.82. The van der Waals surface area contributed by atoms with E-state index in [2.05, 4.69) is 4.74 Å². The maximum atomic E-state index is 10.9. The normalized spacial score (nSPS) is 13.2. The number of carbonyl (C=O) groups is 2. The lowest BCUT2D eigenvalue weighted by atomic mass is 10.2. The quantitative estimate of drug-likeness (QED) is 0.464. The molecule has 0 aliphatic heterocycles. The van der Waals surface area contributed by atoms with E-state index in [9.17, 15) is 18.0 Å². The molecule has 0 aliphatic rings. The van der Waals surface area contributed by atoms with Gasteiger partial charge in [-0.25, -0.2) is 4.72 Å². The summed E-state index contributed by atoms with van der Waals surface area (Å²) in [5.41, 5.74) is 0. The van der Waals surface area contributed by atoms with Crippen LogP contribution in [0.2, 0.25) is 0 Å². The van der Waals surface area contributed by atoms with Gasteiger partial charge in [-0.15, -0.1) is 0 Å². The first kappa shape index (κ1) is 13.8. The van der Waals surface area contributed by atoms with E-state index in [4.69, 9.17) is 5.11 Å². The van der Waals surface area contributed by atoms with E-state index in [0.717, 1.165) is 14.2 Å². The van der Waals surface area contributed by atoms with Crippen molar-refractivity contribution in [2.24, 2.45) is 0 Å². The molecule has 3 N–H and O–H groups in total. The number of ether oxygens (including phenoxy) is 1. The maximum absolute atomic E-state index is 10.9. The number of hydrogen-bond acceptors (Lipinski definition) is 5. The first-order chi connectivity index (χ1) is 6.82. The minimum Gasteiger partial charge on any atom is -0.480 e. The van der Waals surface area contributed by atoms with E-state index in [1.165, 1.54) is 0 Å². The van der Waals surface area contributed by atoms with Gasteiger partial charge in [0, 0.05) is 7.05 Å². The van der Waals surface area contributed by atoms with Gasteiger partial charge < -0.3 is 9.84 Å². The fraction of sp³-hybridized carbons (Fsp3) is 0.667. The van der Waals surface area contributed by atoms with Gasteiger partial charge in [0.05, 0.1) is 13.5 Å². The smallest absolute Gasteiger partial charge is 0.322 e. The van der Waals surface area contributed by atoms with Crippen LogP contribution < -0.4 is 9.44 Å². The summed E-state index contributed by atoms with van der Waals surface area (Å²) in [6.07, 6.45) is -0.577. The van der Waals surface area contributed by atoms with Gasteiger partial charge >= 0.3 is 11.9 Å². The predicted molar refractivity (Wildman–Crippen MR) is 49.2 cm³/mol. The highest BCUT2D eigenvalue weighted by atomic mass is 32.2. The van der Waals surface area contributed by atoms with Crippen LogP contribution in [0.3, 0.4) is 0 Å². The lowest BCUT2D eigenvalue weighted by Crippen LogP contribution is -2.46. The highest BCUT2D eigenvalue weighted by Gasteiger charge is 2.25. The van der Waals surface area contributed by atoms with E-state index in [0.29, 0.717) is 0 Å². The maximum Gasteiger partial charge on any atom is 0.322 e. The number of esters is 1. The molecule has 0 heterocycles. The summed E-state index contributed by atoms with van der Waals surface area (Å²) in [7, 11) is -1.72. The molecule has 0 aromatic rings. The molecule has 0 saturated carbocycles. The molecule has 8 nitrogen and oxygen atoms in total. The predicted octanol–water partition coefficient (Wildman–Crippen LogP) is -1.94. The number of carbonyl (C=O) groups excluding carboxylic acids is 1. The third-order valence-corrected chi connectivity index (χ3v) is 2.59. The van der Waals surface area contributed by atoms with Crippen LogP contribution in [-0.4, -0.2) is 45.7 Å². The van der Waals surface area contributed by atoms with Gasteiger partial charge in [0.15, 0.2) is 0 Å². The number of rotatable bonds is 6. The van der Waals surface area contributed by atoms with Gasteiger partial charge in [0.2, 0.25) is 0 Å². The van der Waals surface area contributed by atoms with Crippen LogP contribution in [-0.2, 0) is 24.5 Å². The third kappa shape index (κ3) is 5.30. The minimum atomic E-state index is -3.91. The molecule has 0 saturated heterocycles. The van der Waals surface area contributed by atoms with Crippen molar-refractivity contribution in [1.82, 2.24) is 9.44 Å². The molecular weight excluding hydrogens is 228 g/mol. The second-order valence-corrected chi connectivity index (χ2v) is 4.15. The standard InChI is InChI=1S/C6H12N2O6S/c1-7-15(12,13)8-4(6(10)11)3-5(9)14-2/h4,7-8H,3H2,1-2H3,(H,10,11)/t4-/m0/s1. The summed E-state index contributed by atoms with van der Waals surface area (Å²) in [6.45, 7) is 0. The van der Waals surface area contributed by atoms with Gasteiger partial charge in [-0.2, -0.15) is 13.1 Å².